The smallest absolute Gasteiger partial charge is 0.269 e. The molecule has 0 aliphatic rings. The highest BCUT2D eigenvalue weighted by Crippen LogP contribution is 2.26. The van der Waals surface area contributed by atoms with Crippen molar-refractivity contribution in [1.29, 1.82) is 0 Å². The molecular formula is C16H13N3O3S. The van der Waals surface area contributed by atoms with Gasteiger partial charge in [-0.2, -0.15) is 0 Å². The minimum absolute atomic E-state index is 0.00991. The van der Waals surface area contributed by atoms with Crippen molar-refractivity contribution in [3.05, 3.63) is 63.7 Å². The monoisotopic (exact) mass is 327 g/mol. The van der Waals surface area contributed by atoms with Gasteiger partial charge in [-0.1, -0.05) is 29.5 Å². The molecule has 0 saturated heterocycles. The number of rotatable bonds is 4. The summed E-state index contributed by atoms with van der Waals surface area (Å²) in [5.74, 6) is -0.199. The molecule has 1 aromatic heterocycles. The second-order valence-electron chi connectivity index (χ2n) is 5.14. The Morgan fingerprint density at radius 1 is 1.26 bits per heavy atom. The fourth-order valence-corrected chi connectivity index (χ4v) is 3.15. The number of nitro groups is 1. The first-order valence-corrected chi connectivity index (χ1v) is 7.73. The molecule has 7 heteroatoms. The van der Waals surface area contributed by atoms with Crippen LogP contribution in [0.2, 0.25) is 0 Å². The molecule has 0 aliphatic carbocycles. The number of hydrogen-bond donors (Lipinski definition) is 1. The topological polar surface area (TPSA) is 85.1 Å². The molecule has 0 unspecified atom stereocenters. The Hall–Kier alpha value is -2.80. The highest BCUT2D eigenvalue weighted by molar-refractivity contribution is 7.22. The standard InChI is InChI=1S/C16H13N3O3S/c1-10-2-7-13-14(8-10)23-16(17-13)18-15(20)9-11-3-5-12(6-4-11)19(21)22/h2-8H,9H2,1H3,(H,17,18,20). The third-order valence-corrected chi connectivity index (χ3v) is 4.24. The van der Waals surface area contributed by atoms with Crippen LogP contribution < -0.4 is 5.32 Å². The largest absolute Gasteiger partial charge is 0.302 e. The highest BCUT2D eigenvalue weighted by Gasteiger charge is 2.10. The molecule has 6 nitrogen and oxygen atoms in total. The van der Waals surface area contributed by atoms with Crippen molar-refractivity contribution in [2.24, 2.45) is 0 Å². The third-order valence-electron chi connectivity index (χ3n) is 3.30. The number of nitrogens with one attached hydrogen (secondary N) is 1. The molecule has 0 fully saturated rings. The van der Waals surface area contributed by atoms with Crippen LogP contribution in [0.4, 0.5) is 10.8 Å². The Kier molecular flexibility index (Phi) is 4.03. The minimum Gasteiger partial charge on any atom is -0.302 e. The van der Waals surface area contributed by atoms with Gasteiger partial charge in [0, 0.05) is 12.1 Å². The SMILES string of the molecule is Cc1ccc2nc(NC(=O)Cc3ccc([N+](=O)[O-])cc3)sc2c1. The molecule has 0 aliphatic heterocycles. The summed E-state index contributed by atoms with van der Waals surface area (Å²) < 4.78 is 1.02. The van der Waals surface area contributed by atoms with Gasteiger partial charge in [-0.15, -0.1) is 0 Å². The van der Waals surface area contributed by atoms with Crippen LogP contribution in [0.5, 0.6) is 0 Å². The van der Waals surface area contributed by atoms with Gasteiger partial charge in [0.15, 0.2) is 5.13 Å². The van der Waals surface area contributed by atoms with Crippen molar-refractivity contribution in [3.63, 3.8) is 0 Å². The Morgan fingerprint density at radius 3 is 2.70 bits per heavy atom. The van der Waals surface area contributed by atoms with Crippen molar-refractivity contribution in [2.75, 3.05) is 5.32 Å². The molecular weight excluding hydrogens is 314 g/mol. The number of thiazole rings is 1. The number of anilines is 1. The Balaban J connectivity index is 1.69. The number of fused-ring (bicyclic) bond motifs is 1. The third kappa shape index (κ3) is 3.51. The lowest BCUT2D eigenvalue weighted by molar-refractivity contribution is -0.384. The number of carbonyl (C=O) groups is 1. The fraction of sp³-hybridized carbons (Fsp3) is 0.125. The predicted molar refractivity (Wildman–Crippen MR) is 89.8 cm³/mol. The van der Waals surface area contributed by atoms with Crippen molar-refractivity contribution < 1.29 is 9.72 Å². The summed E-state index contributed by atoms with van der Waals surface area (Å²) in [7, 11) is 0. The van der Waals surface area contributed by atoms with E-state index in [9.17, 15) is 14.9 Å². The molecule has 0 saturated carbocycles. The first kappa shape index (κ1) is 15.1. The van der Waals surface area contributed by atoms with Gasteiger partial charge < -0.3 is 5.32 Å². The Bertz CT molecular complexity index is 887. The number of amides is 1. The Labute approximate surface area is 135 Å². The maximum atomic E-state index is 12.1. The normalized spacial score (nSPS) is 10.7. The van der Waals surface area contributed by atoms with E-state index in [-0.39, 0.29) is 18.0 Å². The van der Waals surface area contributed by atoms with E-state index in [1.165, 1.54) is 23.5 Å². The molecule has 3 rings (SSSR count). The molecule has 0 spiro atoms. The molecule has 1 amide bonds. The van der Waals surface area contributed by atoms with Crippen LogP contribution in [0.3, 0.4) is 0 Å². The van der Waals surface area contributed by atoms with Crippen molar-refractivity contribution in [3.8, 4) is 0 Å². The lowest BCUT2D eigenvalue weighted by Crippen LogP contribution is -2.14. The lowest BCUT2D eigenvalue weighted by atomic mass is 10.1. The summed E-state index contributed by atoms with van der Waals surface area (Å²) in [5.41, 5.74) is 2.72. The molecule has 0 bridgehead atoms. The number of non-ortho nitro benzene ring substituents is 1. The number of benzene rings is 2. The number of aromatic nitrogens is 1. The predicted octanol–water partition coefficient (Wildman–Crippen LogP) is 3.69. The van der Waals surface area contributed by atoms with Gasteiger partial charge in [0.25, 0.3) is 5.69 Å². The molecule has 3 aromatic rings. The van der Waals surface area contributed by atoms with Crippen LogP contribution in [0.1, 0.15) is 11.1 Å². The van der Waals surface area contributed by atoms with Crippen molar-refractivity contribution in [1.82, 2.24) is 4.98 Å². The van der Waals surface area contributed by atoms with E-state index >= 15 is 0 Å². The van der Waals surface area contributed by atoms with Gasteiger partial charge in [0.1, 0.15) is 0 Å². The molecule has 2 aromatic carbocycles. The van der Waals surface area contributed by atoms with Crippen molar-refractivity contribution >= 4 is 38.3 Å². The number of hydrogen-bond acceptors (Lipinski definition) is 5. The van der Waals surface area contributed by atoms with Gasteiger partial charge in [-0.25, -0.2) is 4.98 Å². The van der Waals surface area contributed by atoms with Gasteiger partial charge in [-0.3, -0.25) is 14.9 Å². The fourth-order valence-electron chi connectivity index (χ4n) is 2.17. The van der Waals surface area contributed by atoms with E-state index < -0.39 is 4.92 Å². The summed E-state index contributed by atoms with van der Waals surface area (Å²) in [6.07, 6.45) is 0.146. The summed E-state index contributed by atoms with van der Waals surface area (Å²) in [5, 5.41) is 13.9. The summed E-state index contributed by atoms with van der Waals surface area (Å²) >= 11 is 1.42. The second kappa shape index (κ2) is 6.13. The van der Waals surface area contributed by atoms with Crippen LogP contribution in [0.25, 0.3) is 10.2 Å². The van der Waals surface area contributed by atoms with Crippen LogP contribution in [0, 0.1) is 17.0 Å². The average molecular weight is 327 g/mol. The zero-order valence-electron chi connectivity index (χ0n) is 12.3. The van der Waals surface area contributed by atoms with Crippen LogP contribution in [-0.4, -0.2) is 15.8 Å². The van der Waals surface area contributed by atoms with Gasteiger partial charge in [0.05, 0.1) is 21.6 Å². The number of carbonyl (C=O) groups excluding carboxylic acids is 1. The number of aryl methyl sites for hydroxylation is 1. The first-order valence-electron chi connectivity index (χ1n) is 6.91. The number of nitrogens with zero attached hydrogens (tertiary/aromatic N) is 2. The van der Waals surface area contributed by atoms with Crippen LogP contribution in [-0.2, 0) is 11.2 Å². The minimum atomic E-state index is -0.465. The van der Waals surface area contributed by atoms with E-state index in [0.717, 1.165) is 15.8 Å². The van der Waals surface area contributed by atoms with E-state index in [4.69, 9.17) is 0 Å². The van der Waals surface area contributed by atoms with E-state index in [1.54, 1.807) is 12.1 Å². The van der Waals surface area contributed by atoms with Crippen molar-refractivity contribution in [2.45, 2.75) is 13.3 Å². The number of nitro benzene ring substituents is 1. The summed E-state index contributed by atoms with van der Waals surface area (Å²) in [6, 6.07) is 11.9. The second-order valence-corrected chi connectivity index (χ2v) is 6.17. The van der Waals surface area contributed by atoms with Gasteiger partial charge in [-0.05, 0) is 30.2 Å². The van der Waals surface area contributed by atoms with Crippen LogP contribution >= 0.6 is 11.3 Å². The molecule has 0 radical (unpaired) electrons. The van der Waals surface area contributed by atoms with E-state index in [1.807, 2.05) is 25.1 Å². The average Bonchev–Trinajstić information content (AvgIpc) is 2.88. The molecule has 0 atom stereocenters. The zero-order chi connectivity index (χ0) is 16.4. The first-order chi connectivity index (χ1) is 11.0. The van der Waals surface area contributed by atoms with Gasteiger partial charge in [0.2, 0.25) is 5.91 Å². The summed E-state index contributed by atoms with van der Waals surface area (Å²) in [6.45, 7) is 2.01. The zero-order valence-corrected chi connectivity index (χ0v) is 13.1. The molecule has 116 valence electrons. The molecule has 1 N–H and O–H groups in total. The maximum absolute atomic E-state index is 12.1. The van der Waals surface area contributed by atoms with Gasteiger partial charge >= 0.3 is 0 Å². The maximum Gasteiger partial charge on any atom is 0.269 e. The van der Waals surface area contributed by atoms with E-state index in [2.05, 4.69) is 10.3 Å². The quantitative estimate of drug-likeness (QED) is 0.585. The molecule has 23 heavy (non-hydrogen) atoms. The summed E-state index contributed by atoms with van der Waals surface area (Å²) in [4.78, 5) is 26.6. The Morgan fingerprint density at radius 2 is 2.00 bits per heavy atom. The highest BCUT2D eigenvalue weighted by atomic mass is 32.1. The lowest BCUT2D eigenvalue weighted by Gasteiger charge is -2.01. The van der Waals surface area contributed by atoms with E-state index in [0.29, 0.717) is 10.7 Å². The molecule has 1 heterocycles. The van der Waals surface area contributed by atoms with Crippen LogP contribution in [0.15, 0.2) is 42.5 Å².